The van der Waals surface area contributed by atoms with Gasteiger partial charge in [0.15, 0.2) is 0 Å². The standard InChI is InChI=1S/C14H25N3O2/c15-17-16-9-2-1-3-14(19)11-13-6-4-12(5-7-13)8-10-18/h12-13,18H,1-11H2. The number of nitrogens with zero attached hydrogens (tertiary/aromatic N) is 3. The monoisotopic (exact) mass is 267 g/mol. The molecule has 1 rings (SSSR count). The fraction of sp³-hybridized carbons (Fsp3) is 0.929. The van der Waals surface area contributed by atoms with Crippen LogP contribution >= 0.6 is 0 Å². The fourth-order valence-corrected chi connectivity index (χ4v) is 2.88. The van der Waals surface area contributed by atoms with E-state index in [4.69, 9.17) is 10.6 Å². The summed E-state index contributed by atoms with van der Waals surface area (Å²) < 4.78 is 0. The van der Waals surface area contributed by atoms with Crippen LogP contribution in [0.3, 0.4) is 0 Å². The van der Waals surface area contributed by atoms with Crippen LogP contribution in [-0.4, -0.2) is 24.0 Å². The van der Waals surface area contributed by atoms with E-state index in [2.05, 4.69) is 10.0 Å². The van der Waals surface area contributed by atoms with Gasteiger partial charge < -0.3 is 5.11 Å². The molecule has 0 unspecified atom stereocenters. The van der Waals surface area contributed by atoms with Gasteiger partial charge in [-0.3, -0.25) is 4.79 Å². The van der Waals surface area contributed by atoms with Gasteiger partial charge in [0.1, 0.15) is 5.78 Å². The maximum Gasteiger partial charge on any atom is 0.133 e. The SMILES string of the molecule is [N-]=[N+]=NCCCCC(=O)CC1CCC(CCO)CC1. The van der Waals surface area contributed by atoms with Crippen LogP contribution in [0, 0.1) is 11.8 Å². The highest BCUT2D eigenvalue weighted by atomic mass is 16.3. The van der Waals surface area contributed by atoms with E-state index in [0.717, 1.165) is 44.9 Å². The second-order valence-corrected chi connectivity index (χ2v) is 5.55. The molecule has 1 N–H and O–H groups in total. The molecule has 5 heteroatoms. The summed E-state index contributed by atoms with van der Waals surface area (Å²) in [4.78, 5) is 14.5. The lowest BCUT2D eigenvalue weighted by molar-refractivity contribution is -0.120. The maximum absolute atomic E-state index is 11.8. The summed E-state index contributed by atoms with van der Waals surface area (Å²) in [5.74, 6) is 1.58. The zero-order valence-corrected chi connectivity index (χ0v) is 11.6. The molecule has 0 amide bonds. The zero-order valence-electron chi connectivity index (χ0n) is 11.6. The van der Waals surface area contributed by atoms with Crippen molar-refractivity contribution in [1.82, 2.24) is 0 Å². The fourth-order valence-electron chi connectivity index (χ4n) is 2.88. The van der Waals surface area contributed by atoms with E-state index in [1.807, 2.05) is 0 Å². The number of carbonyl (C=O) groups is 1. The molecule has 0 bridgehead atoms. The molecule has 19 heavy (non-hydrogen) atoms. The average Bonchev–Trinajstić information content (AvgIpc) is 2.41. The smallest absolute Gasteiger partial charge is 0.133 e. The minimum absolute atomic E-state index is 0.291. The largest absolute Gasteiger partial charge is 0.396 e. The molecular formula is C14H25N3O2. The van der Waals surface area contributed by atoms with Gasteiger partial charge in [-0.15, -0.1) is 0 Å². The molecule has 0 aromatic heterocycles. The van der Waals surface area contributed by atoms with Gasteiger partial charge in [0.2, 0.25) is 0 Å². The Morgan fingerprint density at radius 1 is 1.21 bits per heavy atom. The van der Waals surface area contributed by atoms with E-state index in [0.29, 0.717) is 43.6 Å². The quantitative estimate of drug-likeness (QED) is 0.299. The summed E-state index contributed by atoms with van der Waals surface area (Å²) in [6, 6.07) is 0. The van der Waals surface area contributed by atoms with Crippen molar-refractivity contribution in [3.05, 3.63) is 10.4 Å². The Balaban J connectivity index is 2.08. The minimum Gasteiger partial charge on any atom is -0.396 e. The number of rotatable bonds is 9. The highest BCUT2D eigenvalue weighted by Gasteiger charge is 2.22. The molecule has 1 aliphatic rings. The van der Waals surface area contributed by atoms with Crippen molar-refractivity contribution in [3.8, 4) is 0 Å². The summed E-state index contributed by atoms with van der Waals surface area (Å²) in [7, 11) is 0. The molecule has 0 radical (unpaired) electrons. The number of aliphatic hydroxyl groups excluding tert-OH is 1. The van der Waals surface area contributed by atoms with E-state index in [1.54, 1.807) is 0 Å². The van der Waals surface area contributed by atoms with Crippen LogP contribution in [0.25, 0.3) is 10.4 Å². The van der Waals surface area contributed by atoms with Crippen LogP contribution in [0.5, 0.6) is 0 Å². The van der Waals surface area contributed by atoms with E-state index >= 15 is 0 Å². The van der Waals surface area contributed by atoms with Crippen molar-refractivity contribution >= 4 is 5.78 Å². The topological polar surface area (TPSA) is 86.1 Å². The van der Waals surface area contributed by atoms with Gasteiger partial charge in [-0.2, -0.15) is 0 Å². The van der Waals surface area contributed by atoms with Crippen molar-refractivity contribution in [3.63, 3.8) is 0 Å². The van der Waals surface area contributed by atoms with E-state index < -0.39 is 0 Å². The van der Waals surface area contributed by atoms with Gasteiger partial charge >= 0.3 is 0 Å². The van der Waals surface area contributed by atoms with Crippen LogP contribution < -0.4 is 0 Å². The highest BCUT2D eigenvalue weighted by Crippen LogP contribution is 2.32. The predicted molar refractivity (Wildman–Crippen MR) is 74.6 cm³/mol. The molecule has 1 aliphatic carbocycles. The lowest BCUT2D eigenvalue weighted by atomic mass is 9.78. The Hall–Kier alpha value is -1.06. The number of hydrogen-bond donors (Lipinski definition) is 1. The molecule has 0 aliphatic heterocycles. The van der Waals surface area contributed by atoms with Crippen LogP contribution in [0.1, 0.15) is 57.8 Å². The third-order valence-corrected chi connectivity index (χ3v) is 4.05. The van der Waals surface area contributed by atoms with Gasteiger partial charge in [-0.25, -0.2) is 0 Å². The molecule has 0 aromatic rings. The number of azide groups is 1. The van der Waals surface area contributed by atoms with Crippen LogP contribution in [0.15, 0.2) is 5.11 Å². The van der Waals surface area contributed by atoms with Gasteiger partial charge in [0.25, 0.3) is 0 Å². The Morgan fingerprint density at radius 3 is 2.53 bits per heavy atom. The van der Waals surface area contributed by atoms with Crippen molar-refractivity contribution < 1.29 is 9.90 Å². The summed E-state index contributed by atoms with van der Waals surface area (Å²) in [5.41, 5.74) is 8.13. The molecule has 0 aromatic carbocycles. The molecule has 0 saturated heterocycles. The van der Waals surface area contributed by atoms with Gasteiger partial charge in [-0.05, 0) is 49.5 Å². The second-order valence-electron chi connectivity index (χ2n) is 5.55. The second kappa shape index (κ2) is 9.82. The zero-order chi connectivity index (χ0) is 13.9. The maximum atomic E-state index is 11.8. The van der Waals surface area contributed by atoms with Crippen LogP contribution in [0.2, 0.25) is 0 Å². The first-order chi connectivity index (χ1) is 9.26. The molecule has 0 heterocycles. The highest BCUT2D eigenvalue weighted by molar-refractivity contribution is 5.78. The number of ketones is 1. The Kier molecular flexibility index (Phi) is 8.26. The summed E-state index contributed by atoms with van der Waals surface area (Å²) in [6.45, 7) is 0.787. The number of unbranched alkanes of at least 4 members (excludes halogenated alkanes) is 1. The first-order valence-electron chi connectivity index (χ1n) is 7.39. The molecular weight excluding hydrogens is 242 g/mol. The number of carbonyl (C=O) groups excluding carboxylic acids is 1. The number of aliphatic hydroxyl groups is 1. The molecule has 5 nitrogen and oxygen atoms in total. The first-order valence-corrected chi connectivity index (χ1v) is 7.39. The molecule has 0 spiro atoms. The van der Waals surface area contributed by atoms with Gasteiger partial charge in [0.05, 0.1) is 0 Å². The van der Waals surface area contributed by atoms with Crippen molar-refractivity contribution in [2.45, 2.75) is 57.8 Å². The Bertz CT molecular complexity index is 306. The lowest BCUT2D eigenvalue weighted by Crippen LogP contribution is -2.18. The minimum atomic E-state index is 0.291. The predicted octanol–water partition coefficient (Wildman–Crippen LogP) is 3.62. The van der Waals surface area contributed by atoms with Crippen molar-refractivity contribution in [1.29, 1.82) is 0 Å². The normalized spacial score (nSPS) is 22.8. The molecule has 0 atom stereocenters. The summed E-state index contributed by atoms with van der Waals surface area (Å²) in [5, 5.41) is 12.4. The first kappa shape index (κ1) is 16.0. The van der Waals surface area contributed by atoms with E-state index in [9.17, 15) is 4.79 Å². The van der Waals surface area contributed by atoms with E-state index in [1.165, 1.54) is 0 Å². The van der Waals surface area contributed by atoms with Crippen molar-refractivity contribution in [2.75, 3.05) is 13.2 Å². The van der Waals surface area contributed by atoms with Crippen LogP contribution in [0.4, 0.5) is 0 Å². The Morgan fingerprint density at radius 2 is 1.89 bits per heavy atom. The summed E-state index contributed by atoms with van der Waals surface area (Å²) in [6.07, 6.45) is 8.48. The molecule has 1 saturated carbocycles. The summed E-state index contributed by atoms with van der Waals surface area (Å²) >= 11 is 0. The third kappa shape index (κ3) is 7.19. The van der Waals surface area contributed by atoms with Crippen molar-refractivity contribution in [2.24, 2.45) is 17.0 Å². The number of hydrogen-bond acceptors (Lipinski definition) is 3. The molecule has 108 valence electrons. The van der Waals surface area contributed by atoms with E-state index in [-0.39, 0.29) is 0 Å². The Labute approximate surface area is 115 Å². The lowest BCUT2D eigenvalue weighted by Gasteiger charge is -2.27. The van der Waals surface area contributed by atoms with Crippen LogP contribution in [-0.2, 0) is 4.79 Å². The number of Topliss-reactive ketones (excluding diaryl/α,β-unsaturated/α-hetero) is 1. The van der Waals surface area contributed by atoms with Gasteiger partial charge in [0, 0.05) is 30.9 Å². The molecule has 1 fully saturated rings. The third-order valence-electron chi connectivity index (χ3n) is 4.05. The van der Waals surface area contributed by atoms with Gasteiger partial charge in [-0.1, -0.05) is 18.0 Å². The average molecular weight is 267 g/mol.